The number of carbonyl (C=O) groups is 2. The van der Waals surface area contributed by atoms with E-state index in [-0.39, 0.29) is 11.3 Å². The SMILES string of the molecule is C[C@H](OC(=O)c1ccc(Cl)cc1N)C(=O)Nc1cccc(C#N)c1. The smallest absolute Gasteiger partial charge is 0.341 e. The maximum absolute atomic E-state index is 12.1. The molecule has 7 heteroatoms. The maximum atomic E-state index is 12.1. The lowest BCUT2D eigenvalue weighted by Crippen LogP contribution is -2.30. The highest BCUT2D eigenvalue weighted by Crippen LogP contribution is 2.19. The van der Waals surface area contributed by atoms with Gasteiger partial charge < -0.3 is 15.8 Å². The Labute approximate surface area is 143 Å². The lowest BCUT2D eigenvalue weighted by atomic mass is 10.2. The first kappa shape index (κ1) is 17.3. The molecule has 122 valence electrons. The molecule has 0 aliphatic carbocycles. The highest BCUT2D eigenvalue weighted by molar-refractivity contribution is 6.31. The van der Waals surface area contributed by atoms with Crippen LogP contribution in [0, 0.1) is 11.3 Å². The quantitative estimate of drug-likeness (QED) is 0.655. The number of hydrogen-bond donors (Lipinski definition) is 2. The minimum absolute atomic E-state index is 0.130. The predicted octanol–water partition coefficient (Wildman–Crippen LogP) is 2.98. The fraction of sp³-hybridized carbons (Fsp3) is 0.118. The number of nitriles is 1. The number of ether oxygens (including phenoxy) is 1. The third-order valence-corrected chi connectivity index (χ3v) is 3.38. The average molecular weight is 344 g/mol. The normalized spacial score (nSPS) is 11.2. The second-order valence-electron chi connectivity index (χ2n) is 4.96. The zero-order valence-electron chi connectivity index (χ0n) is 12.7. The van der Waals surface area contributed by atoms with Crippen LogP contribution in [0.15, 0.2) is 42.5 Å². The molecule has 0 spiro atoms. The van der Waals surface area contributed by atoms with Gasteiger partial charge in [0.15, 0.2) is 6.10 Å². The van der Waals surface area contributed by atoms with Gasteiger partial charge in [-0.1, -0.05) is 17.7 Å². The Morgan fingerprint density at radius 1 is 1.29 bits per heavy atom. The van der Waals surface area contributed by atoms with E-state index in [1.54, 1.807) is 18.2 Å². The second kappa shape index (κ2) is 7.49. The third kappa shape index (κ3) is 4.24. The van der Waals surface area contributed by atoms with Crippen molar-refractivity contribution in [2.24, 2.45) is 0 Å². The molecule has 0 aromatic heterocycles. The van der Waals surface area contributed by atoms with E-state index in [1.165, 1.54) is 31.2 Å². The van der Waals surface area contributed by atoms with E-state index in [0.717, 1.165) is 0 Å². The fourth-order valence-electron chi connectivity index (χ4n) is 1.91. The summed E-state index contributed by atoms with van der Waals surface area (Å²) in [6.07, 6.45) is -1.04. The lowest BCUT2D eigenvalue weighted by Gasteiger charge is -2.14. The van der Waals surface area contributed by atoms with E-state index in [4.69, 9.17) is 27.3 Å². The van der Waals surface area contributed by atoms with Crippen molar-refractivity contribution in [1.29, 1.82) is 5.26 Å². The largest absolute Gasteiger partial charge is 0.449 e. The van der Waals surface area contributed by atoms with Gasteiger partial charge in [-0.05, 0) is 43.3 Å². The van der Waals surface area contributed by atoms with Crippen LogP contribution in [0.4, 0.5) is 11.4 Å². The first-order chi connectivity index (χ1) is 11.4. The molecule has 2 rings (SSSR count). The molecule has 1 atom stereocenters. The van der Waals surface area contributed by atoms with Gasteiger partial charge in [0, 0.05) is 16.4 Å². The Morgan fingerprint density at radius 2 is 2.04 bits per heavy atom. The van der Waals surface area contributed by atoms with Gasteiger partial charge in [0.05, 0.1) is 17.2 Å². The summed E-state index contributed by atoms with van der Waals surface area (Å²) in [5.74, 6) is -1.25. The topological polar surface area (TPSA) is 105 Å². The standard InChI is InChI=1S/C17H14ClN3O3/c1-10(16(22)21-13-4-2-3-11(7-13)9-19)24-17(23)14-6-5-12(18)8-15(14)20/h2-8,10H,20H2,1H3,(H,21,22)/t10-/m0/s1. The highest BCUT2D eigenvalue weighted by Gasteiger charge is 2.20. The van der Waals surface area contributed by atoms with Crippen LogP contribution in [-0.4, -0.2) is 18.0 Å². The van der Waals surface area contributed by atoms with Crippen molar-refractivity contribution in [2.45, 2.75) is 13.0 Å². The zero-order valence-corrected chi connectivity index (χ0v) is 13.5. The number of hydrogen-bond acceptors (Lipinski definition) is 5. The number of nitrogens with zero attached hydrogens (tertiary/aromatic N) is 1. The Kier molecular flexibility index (Phi) is 5.40. The van der Waals surface area contributed by atoms with Gasteiger partial charge in [-0.15, -0.1) is 0 Å². The molecule has 0 bridgehead atoms. The van der Waals surface area contributed by atoms with Crippen LogP contribution in [-0.2, 0) is 9.53 Å². The van der Waals surface area contributed by atoms with E-state index in [2.05, 4.69) is 5.32 Å². The van der Waals surface area contributed by atoms with Gasteiger partial charge in [-0.2, -0.15) is 5.26 Å². The molecular formula is C17H14ClN3O3. The molecule has 0 saturated heterocycles. The molecular weight excluding hydrogens is 330 g/mol. The summed E-state index contributed by atoms with van der Waals surface area (Å²) in [6.45, 7) is 1.44. The molecule has 0 radical (unpaired) electrons. The van der Waals surface area contributed by atoms with Crippen LogP contribution in [0.25, 0.3) is 0 Å². The van der Waals surface area contributed by atoms with Crippen molar-refractivity contribution >= 4 is 34.9 Å². The van der Waals surface area contributed by atoms with Gasteiger partial charge in [-0.25, -0.2) is 4.79 Å². The van der Waals surface area contributed by atoms with Crippen LogP contribution in [0.2, 0.25) is 5.02 Å². The average Bonchev–Trinajstić information content (AvgIpc) is 2.54. The molecule has 0 aliphatic rings. The number of amides is 1. The number of nitrogens with one attached hydrogen (secondary N) is 1. The van der Waals surface area contributed by atoms with Crippen LogP contribution in [0.1, 0.15) is 22.8 Å². The monoisotopic (exact) mass is 343 g/mol. The molecule has 2 aromatic rings. The van der Waals surface area contributed by atoms with Crippen LogP contribution in [0.3, 0.4) is 0 Å². The van der Waals surface area contributed by atoms with Crippen LogP contribution < -0.4 is 11.1 Å². The van der Waals surface area contributed by atoms with E-state index in [9.17, 15) is 9.59 Å². The number of halogens is 1. The number of benzene rings is 2. The van der Waals surface area contributed by atoms with Crippen molar-refractivity contribution < 1.29 is 14.3 Å². The summed E-state index contributed by atoms with van der Waals surface area (Å²) in [7, 11) is 0. The molecule has 3 N–H and O–H groups in total. The first-order valence-corrected chi connectivity index (χ1v) is 7.35. The molecule has 0 heterocycles. The van der Waals surface area contributed by atoms with Gasteiger partial charge in [0.1, 0.15) is 0 Å². The summed E-state index contributed by atoms with van der Waals surface area (Å²) in [6, 6.07) is 12.7. The van der Waals surface area contributed by atoms with Gasteiger partial charge in [-0.3, -0.25) is 4.79 Å². The molecule has 0 unspecified atom stereocenters. The highest BCUT2D eigenvalue weighted by atomic mass is 35.5. The number of nitrogens with two attached hydrogens (primary N) is 1. The molecule has 0 aliphatic heterocycles. The zero-order chi connectivity index (χ0) is 17.7. The van der Waals surface area contributed by atoms with E-state index >= 15 is 0 Å². The molecule has 6 nitrogen and oxygen atoms in total. The summed E-state index contributed by atoms with van der Waals surface area (Å²) in [5, 5.41) is 11.8. The fourth-order valence-corrected chi connectivity index (χ4v) is 2.09. The second-order valence-corrected chi connectivity index (χ2v) is 5.40. The number of nitrogen functional groups attached to an aromatic ring is 1. The maximum Gasteiger partial charge on any atom is 0.341 e. The minimum atomic E-state index is -1.04. The third-order valence-electron chi connectivity index (χ3n) is 3.15. The summed E-state index contributed by atoms with van der Waals surface area (Å²) in [5.41, 5.74) is 6.86. The van der Waals surface area contributed by atoms with Crippen molar-refractivity contribution in [1.82, 2.24) is 0 Å². The Hall–Kier alpha value is -3.04. The van der Waals surface area contributed by atoms with E-state index < -0.39 is 18.0 Å². The predicted molar refractivity (Wildman–Crippen MR) is 90.5 cm³/mol. The van der Waals surface area contributed by atoms with Crippen molar-refractivity contribution in [3.63, 3.8) is 0 Å². The molecule has 0 saturated carbocycles. The van der Waals surface area contributed by atoms with Crippen molar-refractivity contribution in [3.8, 4) is 6.07 Å². The molecule has 24 heavy (non-hydrogen) atoms. The number of anilines is 2. The molecule has 0 fully saturated rings. The minimum Gasteiger partial charge on any atom is -0.449 e. The van der Waals surface area contributed by atoms with Gasteiger partial charge >= 0.3 is 5.97 Å². The number of carbonyl (C=O) groups excluding carboxylic acids is 2. The van der Waals surface area contributed by atoms with Crippen molar-refractivity contribution in [2.75, 3.05) is 11.1 Å². The van der Waals surface area contributed by atoms with Gasteiger partial charge in [0.2, 0.25) is 0 Å². The molecule has 1 amide bonds. The summed E-state index contributed by atoms with van der Waals surface area (Å²) >= 11 is 5.77. The van der Waals surface area contributed by atoms with E-state index in [0.29, 0.717) is 16.3 Å². The number of esters is 1. The van der Waals surface area contributed by atoms with Gasteiger partial charge in [0.25, 0.3) is 5.91 Å². The van der Waals surface area contributed by atoms with E-state index in [1.807, 2.05) is 6.07 Å². The van der Waals surface area contributed by atoms with Crippen LogP contribution >= 0.6 is 11.6 Å². The first-order valence-electron chi connectivity index (χ1n) is 6.97. The van der Waals surface area contributed by atoms with Crippen LogP contribution in [0.5, 0.6) is 0 Å². The lowest BCUT2D eigenvalue weighted by molar-refractivity contribution is -0.123. The number of rotatable bonds is 4. The van der Waals surface area contributed by atoms with Crippen molar-refractivity contribution in [3.05, 3.63) is 58.6 Å². The summed E-state index contributed by atoms with van der Waals surface area (Å²) in [4.78, 5) is 24.2. The molecule has 2 aromatic carbocycles. The Morgan fingerprint density at radius 3 is 2.71 bits per heavy atom. The summed E-state index contributed by atoms with van der Waals surface area (Å²) < 4.78 is 5.11. The Balaban J connectivity index is 2.03. The Bertz CT molecular complexity index is 830.